The third kappa shape index (κ3) is 5.05. The van der Waals surface area contributed by atoms with Gasteiger partial charge in [0.25, 0.3) is 0 Å². The number of anilines is 1. The highest BCUT2D eigenvalue weighted by atomic mass is 19.3. The fourth-order valence-electron chi connectivity index (χ4n) is 1.78. The molecule has 4 nitrogen and oxygen atoms in total. The number of carbonyl (C=O) groups excluding carboxylic acids is 1. The highest BCUT2D eigenvalue weighted by Gasteiger charge is 2.05. The van der Waals surface area contributed by atoms with Crippen LogP contribution in [0.1, 0.15) is 11.1 Å². The van der Waals surface area contributed by atoms with Crippen LogP contribution in [0.25, 0.3) is 0 Å². The summed E-state index contributed by atoms with van der Waals surface area (Å²) in [4.78, 5) is 11.7. The zero-order valence-corrected chi connectivity index (χ0v) is 12.0. The van der Waals surface area contributed by atoms with Crippen molar-refractivity contribution in [1.29, 1.82) is 0 Å². The van der Waals surface area contributed by atoms with Gasteiger partial charge in [0, 0.05) is 12.2 Å². The van der Waals surface area contributed by atoms with Crippen LogP contribution in [0.5, 0.6) is 5.75 Å². The molecule has 0 heterocycles. The van der Waals surface area contributed by atoms with Crippen LogP contribution >= 0.6 is 0 Å². The molecule has 0 atom stereocenters. The van der Waals surface area contributed by atoms with Crippen molar-refractivity contribution in [3.63, 3.8) is 0 Å². The van der Waals surface area contributed by atoms with Crippen molar-refractivity contribution in [1.82, 2.24) is 5.32 Å². The van der Waals surface area contributed by atoms with E-state index in [1.807, 2.05) is 31.2 Å². The molecule has 0 aromatic heterocycles. The third-order valence-electron chi connectivity index (χ3n) is 2.91. The van der Waals surface area contributed by atoms with Crippen LogP contribution in [0.15, 0.2) is 48.5 Å². The topological polar surface area (TPSA) is 50.4 Å². The molecule has 2 rings (SSSR count). The minimum atomic E-state index is -2.86. The Hall–Kier alpha value is -2.63. The Morgan fingerprint density at radius 2 is 1.73 bits per heavy atom. The van der Waals surface area contributed by atoms with Crippen LogP contribution in [0.4, 0.5) is 19.3 Å². The van der Waals surface area contributed by atoms with Gasteiger partial charge in [-0.05, 0) is 36.8 Å². The van der Waals surface area contributed by atoms with Crippen molar-refractivity contribution in [3.8, 4) is 5.75 Å². The van der Waals surface area contributed by atoms with Gasteiger partial charge < -0.3 is 15.4 Å². The lowest BCUT2D eigenvalue weighted by Crippen LogP contribution is -2.28. The maximum absolute atomic E-state index is 12.0. The van der Waals surface area contributed by atoms with Crippen molar-refractivity contribution in [2.75, 3.05) is 5.32 Å². The molecule has 0 saturated carbocycles. The number of carbonyl (C=O) groups is 1. The van der Waals surface area contributed by atoms with Crippen molar-refractivity contribution >= 4 is 11.7 Å². The van der Waals surface area contributed by atoms with Crippen LogP contribution in [-0.2, 0) is 6.54 Å². The van der Waals surface area contributed by atoms with Crippen LogP contribution in [-0.4, -0.2) is 12.6 Å². The van der Waals surface area contributed by atoms with Gasteiger partial charge in [0.1, 0.15) is 5.75 Å². The summed E-state index contributed by atoms with van der Waals surface area (Å²) in [6.07, 6.45) is 0. The Bertz CT molecular complexity index is 613. The monoisotopic (exact) mass is 306 g/mol. The van der Waals surface area contributed by atoms with Crippen LogP contribution in [0.2, 0.25) is 0 Å². The molecule has 6 heteroatoms. The van der Waals surface area contributed by atoms with Gasteiger partial charge in [-0.3, -0.25) is 0 Å². The molecule has 2 N–H and O–H groups in total. The average molecular weight is 306 g/mol. The van der Waals surface area contributed by atoms with E-state index in [0.717, 1.165) is 11.1 Å². The van der Waals surface area contributed by atoms with Crippen LogP contribution in [0, 0.1) is 6.92 Å². The third-order valence-corrected chi connectivity index (χ3v) is 2.91. The average Bonchev–Trinajstić information content (AvgIpc) is 2.48. The Kier molecular flexibility index (Phi) is 5.30. The summed E-state index contributed by atoms with van der Waals surface area (Å²) in [5.41, 5.74) is 2.63. The molecule has 2 aromatic carbocycles. The fourth-order valence-corrected chi connectivity index (χ4v) is 1.78. The second kappa shape index (κ2) is 7.40. The summed E-state index contributed by atoms with van der Waals surface area (Å²) in [5.74, 6) is 0.0422. The lowest BCUT2D eigenvalue weighted by molar-refractivity contribution is -0.0498. The van der Waals surface area contributed by atoms with Crippen molar-refractivity contribution in [3.05, 3.63) is 59.7 Å². The van der Waals surface area contributed by atoms with E-state index in [2.05, 4.69) is 15.4 Å². The zero-order chi connectivity index (χ0) is 15.9. The summed E-state index contributed by atoms with van der Waals surface area (Å²) >= 11 is 0. The summed E-state index contributed by atoms with van der Waals surface area (Å²) < 4.78 is 28.3. The predicted molar refractivity (Wildman–Crippen MR) is 80.1 cm³/mol. The highest BCUT2D eigenvalue weighted by Crippen LogP contribution is 2.17. The van der Waals surface area contributed by atoms with Crippen molar-refractivity contribution in [2.24, 2.45) is 0 Å². The van der Waals surface area contributed by atoms with E-state index in [-0.39, 0.29) is 11.8 Å². The maximum atomic E-state index is 12.0. The largest absolute Gasteiger partial charge is 0.435 e. The van der Waals surface area contributed by atoms with Gasteiger partial charge in [0.05, 0.1) is 0 Å². The molecular formula is C16H16F2N2O2. The predicted octanol–water partition coefficient (Wildman–Crippen LogP) is 3.92. The summed E-state index contributed by atoms with van der Waals surface area (Å²) in [7, 11) is 0. The molecule has 116 valence electrons. The Morgan fingerprint density at radius 3 is 2.32 bits per heavy atom. The molecule has 2 amide bonds. The number of ether oxygens (including phenoxy) is 1. The summed E-state index contributed by atoms with van der Waals surface area (Å²) in [5, 5.41) is 5.32. The first-order chi connectivity index (χ1) is 10.5. The van der Waals surface area contributed by atoms with E-state index < -0.39 is 6.61 Å². The fraction of sp³-hybridized carbons (Fsp3) is 0.188. The van der Waals surface area contributed by atoms with Crippen LogP contribution in [0.3, 0.4) is 0 Å². The molecule has 2 aromatic rings. The van der Waals surface area contributed by atoms with Gasteiger partial charge in [-0.25, -0.2) is 4.79 Å². The molecule has 0 aliphatic rings. The van der Waals surface area contributed by atoms with Crippen molar-refractivity contribution < 1.29 is 18.3 Å². The van der Waals surface area contributed by atoms with E-state index in [4.69, 9.17) is 0 Å². The molecular weight excluding hydrogens is 290 g/mol. The number of benzene rings is 2. The Labute approximate surface area is 127 Å². The first kappa shape index (κ1) is 15.8. The van der Waals surface area contributed by atoms with Crippen LogP contribution < -0.4 is 15.4 Å². The summed E-state index contributed by atoms with van der Waals surface area (Å²) in [6, 6.07) is 13.1. The minimum Gasteiger partial charge on any atom is -0.435 e. The molecule has 22 heavy (non-hydrogen) atoms. The lowest BCUT2D eigenvalue weighted by Gasteiger charge is -2.09. The van der Waals surface area contributed by atoms with E-state index in [0.29, 0.717) is 12.2 Å². The number of aryl methyl sites for hydroxylation is 1. The maximum Gasteiger partial charge on any atom is 0.387 e. The molecule has 0 aliphatic carbocycles. The van der Waals surface area contributed by atoms with Crippen molar-refractivity contribution in [2.45, 2.75) is 20.1 Å². The molecule has 0 fully saturated rings. The second-order valence-corrected chi connectivity index (χ2v) is 4.70. The van der Waals surface area contributed by atoms with Gasteiger partial charge in [-0.15, -0.1) is 0 Å². The molecule has 0 radical (unpaired) electrons. The molecule has 0 aliphatic heterocycles. The Morgan fingerprint density at radius 1 is 1.09 bits per heavy atom. The van der Waals surface area contributed by atoms with Gasteiger partial charge >= 0.3 is 12.6 Å². The van der Waals surface area contributed by atoms with E-state index in [9.17, 15) is 13.6 Å². The zero-order valence-electron chi connectivity index (χ0n) is 12.0. The number of nitrogens with one attached hydrogen (secondary N) is 2. The first-order valence-electron chi connectivity index (χ1n) is 6.68. The van der Waals surface area contributed by atoms with Gasteiger partial charge in [0.15, 0.2) is 0 Å². The Balaban J connectivity index is 1.82. The lowest BCUT2D eigenvalue weighted by atomic mass is 10.1. The van der Waals surface area contributed by atoms with Gasteiger partial charge in [0.2, 0.25) is 0 Å². The number of hydrogen-bond acceptors (Lipinski definition) is 2. The number of rotatable bonds is 5. The number of halogens is 2. The molecule has 0 spiro atoms. The second-order valence-electron chi connectivity index (χ2n) is 4.70. The smallest absolute Gasteiger partial charge is 0.387 e. The number of alkyl halides is 2. The van der Waals surface area contributed by atoms with Gasteiger partial charge in [-0.1, -0.05) is 29.8 Å². The van der Waals surface area contributed by atoms with Gasteiger partial charge in [-0.2, -0.15) is 8.78 Å². The normalized spacial score (nSPS) is 10.4. The minimum absolute atomic E-state index is 0.0422. The quantitative estimate of drug-likeness (QED) is 0.879. The summed E-state index contributed by atoms with van der Waals surface area (Å²) in [6.45, 7) is -0.471. The SMILES string of the molecule is Cc1ccc(CNC(=O)Nc2ccc(OC(F)F)cc2)cc1. The number of urea groups is 1. The van der Waals surface area contributed by atoms with E-state index >= 15 is 0 Å². The molecule has 0 saturated heterocycles. The first-order valence-corrected chi connectivity index (χ1v) is 6.68. The molecule has 0 unspecified atom stereocenters. The number of hydrogen-bond donors (Lipinski definition) is 2. The highest BCUT2D eigenvalue weighted by molar-refractivity contribution is 5.89. The molecule has 0 bridgehead atoms. The standard InChI is InChI=1S/C16H16F2N2O2/c1-11-2-4-12(5-3-11)10-19-16(21)20-13-6-8-14(9-7-13)22-15(17)18/h2-9,15H,10H2,1H3,(H2,19,20,21). The van der Waals surface area contributed by atoms with E-state index in [1.165, 1.54) is 24.3 Å². The number of amides is 2. The van der Waals surface area contributed by atoms with E-state index in [1.54, 1.807) is 0 Å².